The van der Waals surface area contributed by atoms with E-state index in [1.807, 2.05) is 6.07 Å². The van der Waals surface area contributed by atoms with Crippen LogP contribution in [0, 0.1) is 11.3 Å². The lowest BCUT2D eigenvalue weighted by Gasteiger charge is -2.06. The number of carbonyl (C=O) groups is 2. The molecule has 3 N–H and O–H groups in total. The molecule has 1 rings (SSSR count). The average molecular weight is 370 g/mol. The van der Waals surface area contributed by atoms with E-state index in [1.165, 1.54) is 6.20 Å². The van der Waals surface area contributed by atoms with Gasteiger partial charge in [-0.25, -0.2) is 0 Å². The van der Waals surface area contributed by atoms with E-state index in [0.717, 1.165) is 0 Å². The number of carboxylic acid groups (broad SMARTS) is 1. The lowest BCUT2D eigenvalue weighted by atomic mass is 10.2. The van der Waals surface area contributed by atoms with Gasteiger partial charge in [0.25, 0.3) is 5.91 Å². The topological polar surface area (TPSA) is 102 Å². The number of carboxylic acids is 1. The monoisotopic (exact) mass is 369 g/mol. The Balaban J connectivity index is 2.45. The van der Waals surface area contributed by atoms with Gasteiger partial charge < -0.3 is 15.7 Å². The van der Waals surface area contributed by atoms with Gasteiger partial charge in [0.15, 0.2) is 0 Å². The van der Waals surface area contributed by atoms with Crippen LogP contribution in [0.3, 0.4) is 0 Å². The number of halogens is 2. The van der Waals surface area contributed by atoms with Crippen LogP contribution in [0.1, 0.15) is 25.7 Å². The summed E-state index contributed by atoms with van der Waals surface area (Å²) in [5.74, 6) is -1.34. The Bertz CT molecular complexity index is 649. The van der Waals surface area contributed by atoms with E-state index in [1.54, 1.807) is 18.2 Å². The molecule has 0 unspecified atom stereocenters. The Hall–Kier alpha value is -2.23. The molecule has 0 radical (unpaired) electrons. The Morgan fingerprint density at radius 2 is 1.83 bits per heavy atom. The number of amides is 1. The van der Waals surface area contributed by atoms with E-state index in [-0.39, 0.29) is 12.0 Å². The minimum absolute atomic E-state index is 0.0865. The van der Waals surface area contributed by atoms with Crippen molar-refractivity contribution in [2.24, 2.45) is 0 Å². The summed E-state index contributed by atoms with van der Waals surface area (Å²) in [6, 6.07) is 6.60. The number of carbonyl (C=O) groups excluding carboxylic acids is 1. The van der Waals surface area contributed by atoms with Gasteiger partial charge >= 0.3 is 5.97 Å². The van der Waals surface area contributed by atoms with Crippen LogP contribution in [-0.2, 0) is 9.59 Å². The van der Waals surface area contributed by atoms with Crippen LogP contribution < -0.4 is 10.6 Å². The predicted octanol–water partition coefficient (Wildman–Crippen LogP) is 3.57. The van der Waals surface area contributed by atoms with Crippen LogP contribution in [0.5, 0.6) is 0 Å². The van der Waals surface area contributed by atoms with Crippen molar-refractivity contribution in [1.82, 2.24) is 5.32 Å². The molecule has 1 aromatic rings. The van der Waals surface area contributed by atoms with Gasteiger partial charge in [-0.2, -0.15) is 5.26 Å². The summed E-state index contributed by atoms with van der Waals surface area (Å²) in [6.07, 6.45) is 3.29. The molecular weight excluding hydrogens is 353 g/mol. The zero-order valence-electron chi connectivity index (χ0n) is 12.8. The van der Waals surface area contributed by atoms with E-state index in [0.29, 0.717) is 41.5 Å². The molecule has 1 aromatic carbocycles. The van der Waals surface area contributed by atoms with Gasteiger partial charge in [0.05, 0.1) is 0 Å². The molecule has 24 heavy (non-hydrogen) atoms. The maximum atomic E-state index is 11.9. The van der Waals surface area contributed by atoms with Gasteiger partial charge in [-0.3, -0.25) is 9.59 Å². The normalized spacial score (nSPS) is 10.8. The number of hydrogen-bond acceptors (Lipinski definition) is 4. The minimum atomic E-state index is -0.832. The van der Waals surface area contributed by atoms with Gasteiger partial charge in [0, 0.05) is 34.9 Å². The number of benzene rings is 1. The van der Waals surface area contributed by atoms with Gasteiger partial charge in [-0.1, -0.05) is 29.6 Å². The number of rotatable bonds is 9. The summed E-state index contributed by atoms with van der Waals surface area (Å²) in [7, 11) is 0. The predicted molar refractivity (Wildman–Crippen MR) is 92.9 cm³/mol. The van der Waals surface area contributed by atoms with Crippen molar-refractivity contribution >= 4 is 40.8 Å². The van der Waals surface area contributed by atoms with Crippen molar-refractivity contribution in [1.29, 1.82) is 5.26 Å². The van der Waals surface area contributed by atoms with Crippen LogP contribution in [0.25, 0.3) is 0 Å². The standard InChI is InChI=1S/C16H17Cl2N3O3/c17-12-6-13(18)8-14(7-12)21-10-11(9-19)16(24)20-5-3-1-2-4-15(22)23/h6-8,10,21H,1-5H2,(H,20,24)(H,22,23)/b11-10-. The maximum Gasteiger partial charge on any atom is 0.303 e. The zero-order chi connectivity index (χ0) is 17.9. The van der Waals surface area contributed by atoms with Crippen LogP contribution in [-0.4, -0.2) is 23.5 Å². The minimum Gasteiger partial charge on any atom is -0.481 e. The SMILES string of the molecule is N#C/C(=C/Nc1cc(Cl)cc(Cl)c1)C(=O)NCCCCCC(=O)O. The number of anilines is 1. The summed E-state index contributed by atoms with van der Waals surface area (Å²) >= 11 is 11.7. The number of nitriles is 1. The molecule has 0 atom stereocenters. The molecule has 0 aromatic heterocycles. The molecule has 128 valence electrons. The Morgan fingerprint density at radius 1 is 1.17 bits per heavy atom. The Kier molecular flexibility index (Phi) is 8.69. The third-order valence-electron chi connectivity index (χ3n) is 2.96. The van der Waals surface area contributed by atoms with Crippen LogP contribution in [0.4, 0.5) is 5.69 Å². The van der Waals surface area contributed by atoms with Crippen LogP contribution in [0.15, 0.2) is 30.0 Å². The van der Waals surface area contributed by atoms with Gasteiger partial charge in [-0.05, 0) is 31.0 Å². The summed E-state index contributed by atoms with van der Waals surface area (Å²) < 4.78 is 0. The van der Waals surface area contributed by atoms with Crippen molar-refractivity contribution < 1.29 is 14.7 Å². The highest BCUT2D eigenvalue weighted by molar-refractivity contribution is 6.35. The fourth-order valence-corrected chi connectivity index (χ4v) is 2.34. The molecule has 0 spiro atoms. The molecule has 0 fully saturated rings. The fourth-order valence-electron chi connectivity index (χ4n) is 1.82. The highest BCUT2D eigenvalue weighted by Crippen LogP contribution is 2.22. The Labute approximate surface area is 150 Å². The molecule has 0 bridgehead atoms. The van der Waals surface area contributed by atoms with Gasteiger partial charge in [-0.15, -0.1) is 0 Å². The second kappa shape index (κ2) is 10.5. The molecule has 0 saturated heterocycles. The second-order valence-corrected chi connectivity index (χ2v) is 5.81. The molecule has 0 heterocycles. The van der Waals surface area contributed by atoms with Crippen molar-refractivity contribution in [2.45, 2.75) is 25.7 Å². The number of hydrogen-bond donors (Lipinski definition) is 3. The molecule has 0 saturated carbocycles. The summed E-state index contributed by atoms with van der Waals surface area (Å²) in [5, 5.41) is 23.8. The molecule has 0 aliphatic heterocycles. The highest BCUT2D eigenvalue weighted by Gasteiger charge is 2.08. The lowest BCUT2D eigenvalue weighted by molar-refractivity contribution is -0.137. The summed E-state index contributed by atoms with van der Waals surface area (Å²) in [4.78, 5) is 22.2. The second-order valence-electron chi connectivity index (χ2n) is 4.93. The first-order valence-electron chi connectivity index (χ1n) is 7.25. The third-order valence-corrected chi connectivity index (χ3v) is 3.40. The first kappa shape index (κ1) is 19.8. The highest BCUT2D eigenvalue weighted by atomic mass is 35.5. The summed E-state index contributed by atoms with van der Waals surface area (Å²) in [5.41, 5.74) is 0.471. The number of unbranched alkanes of at least 4 members (excludes halogenated alkanes) is 2. The van der Waals surface area contributed by atoms with Crippen molar-refractivity contribution in [3.05, 3.63) is 40.0 Å². The molecule has 1 amide bonds. The first-order chi connectivity index (χ1) is 11.4. The van der Waals surface area contributed by atoms with Crippen molar-refractivity contribution in [3.8, 4) is 6.07 Å². The third kappa shape index (κ3) is 7.86. The van der Waals surface area contributed by atoms with E-state index in [4.69, 9.17) is 33.6 Å². The van der Waals surface area contributed by atoms with Crippen LogP contribution >= 0.6 is 23.2 Å². The maximum absolute atomic E-state index is 11.9. The largest absolute Gasteiger partial charge is 0.481 e. The molecular formula is C16H17Cl2N3O3. The Morgan fingerprint density at radius 3 is 2.42 bits per heavy atom. The van der Waals surface area contributed by atoms with Crippen LogP contribution in [0.2, 0.25) is 10.0 Å². The van der Waals surface area contributed by atoms with E-state index in [2.05, 4.69) is 10.6 Å². The molecule has 8 heteroatoms. The molecule has 0 aliphatic rings. The fraction of sp³-hybridized carbons (Fsp3) is 0.312. The number of nitrogens with zero attached hydrogens (tertiary/aromatic N) is 1. The zero-order valence-corrected chi connectivity index (χ0v) is 14.3. The van der Waals surface area contributed by atoms with E-state index < -0.39 is 11.9 Å². The van der Waals surface area contributed by atoms with Gasteiger partial charge in [0.2, 0.25) is 0 Å². The number of aliphatic carboxylic acids is 1. The first-order valence-corrected chi connectivity index (χ1v) is 8.01. The van der Waals surface area contributed by atoms with Crippen molar-refractivity contribution in [3.63, 3.8) is 0 Å². The lowest BCUT2D eigenvalue weighted by Crippen LogP contribution is -2.26. The molecule has 6 nitrogen and oxygen atoms in total. The quantitative estimate of drug-likeness (QED) is 0.350. The van der Waals surface area contributed by atoms with E-state index >= 15 is 0 Å². The number of nitrogens with one attached hydrogen (secondary N) is 2. The van der Waals surface area contributed by atoms with E-state index in [9.17, 15) is 9.59 Å². The average Bonchev–Trinajstić information content (AvgIpc) is 2.50. The van der Waals surface area contributed by atoms with Crippen molar-refractivity contribution in [2.75, 3.05) is 11.9 Å². The smallest absolute Gasteiger partial charge is 0.303 e. The summed E-state index contributed by atoms with van der Waals surface area (Å²) in [6.45, 7) is 0.375. The van der Waals surface area contributed by atoms with Gasteiger partial charge in [0.1, 0.15) is 11.6 Å². The molecule has 0 aliphatic carbocycles.